The summed E-state index contributed by atoms with van der Waals surface area (Å²) in [5, 5.41) is 2.92. The molecule has 1 N–H and O–H groups in total. The summed E-state index contributed by atoms with van der Waals surface area (Å²) in [7, 11) is -2.18. The summed E-state index contributed by atoms with van der Waals surface area (Å²) in [6, 6.07) is 4.09. The second kappa shape index (κ2) is 8.16. The van der Waals surface area contributed by atoms with Crippen molar-refractivity contribution in [3.63, 3.8) is 0 Å². The van der Waals surface area contributed by atoms with Gasteiger partial charge in [-0.2, -0.15) is 4.31 Å². The third kappa shape index (κ3) is 5.43. The van der Waals surface area contributed by atoms with E-state index in [1.54, 1.807) is 0 Å². The second-order valence-electron chi connectivity index (χ2n) is 7.71. The molecule has 1 aromatic carbocycles. The Morgan fingerprint density at radius 3 is 2.37 bits per heavy atom. The largest absolute Gasteiger partial charge is 0.350 e. The lowest BCUT2D eigenvalue weighted by Crippen LogP contribution is -2.46. The van der Waals surface area contributed by atoms with Gasteiger partial charge in [-0.3, -0.25) is 9.59 Å². The van der Waals surface area contributed by atoms with Gasteiger partial charge in [0, 0.05) is 25.7 Å². The van der Waals surface area contributed by atoms with Crippen LogP contribution in [0.5, 0.6) is 0 Å². The lowest BCUT2D eigenvalue weighted by Gasteiger charge is -2.24. The van der Waals surface area contributed by atoms with Crippen LogP contribution in [0.4, 0.5) is 0 Å². The Morgan fingerprint density at radius 2 is 1.81 bits per heavy atom. The molecule has 0 saturated carbocycles. The average Bonchev–Trinajstić information content (AvgIpc) is 3.07. The van der Waals surface area contributed by atoms with Crippen molar-refractivity contribution in [1.82, 2.24) is 14.5 Å². The maximum absolute atomic E-state index is 12.7. The van der Waals surface area contributed by atoms with Gasteiger partial charge in [0.2, 0.25) is 15.9 Å². The summed E-state index contributed by atoms with van der Waals surface area (Å²) in [4.78, 5) is 26.0. The van der Waals surface area contributed by atoms with Crippen molar-refractivity contribution in [2.45, 2.75) is 44.0 Å². The molecular formula is C18H26ClN3O4S. The van der Waals surface area contributed by atoms with E-state index < -0.39 is 21.5 Å². The van der Waals surface area contributed by atoms with E-state index in [2.05, 4.69) is 5.32 Å². The fraction of sp³-hybridized carbons (Fsp3) is 0.556. The SMILES string of the molecule is CN(CC(=O)NC(C)(C)C)C(=O)c1cc(S(=O)(=O)N2CCCC2)ccc1Cl. The van der Waals surface area contributed by atoms with E-state index >= 15 is 0 Å². The zero-order valence-electron chi connectivity index (χ0n) is 16.1. The summed E-state index contributed by atoms with van der Waals surface area (Å²) >= 11 is 6.13. The number of benzene rings is 1. The van der Waals surface area contributed by atoms with Gasteiger partial charge >= 0.3 is 0 Å². The van der Waals surface area contributed by atoms with E-state index in [9.17, 15) is 18.0 Å². The van der Waals surface area contributed by atoms with Gasteiger partial charge in [0.15, 0.2) is 0 Å². The Balaban J connectivity index is 2.22. The fourth-order valence-electron chi connectivity index (χ4n) is 2.86. The van der Waals surface area contributed by atoms with Crippen LogP contribution in [0, 0.1) is 0 Å². The third-order valence-corrected chi connectivity index (χ3v) is 6.34. The smallest absolute Gasteiger partial charge is 0.255 e. The second-order valence-corrected chi connectivity index (χ2v) is 10.1. The normalized spacial score (nSPS) is 15.6. The zero-order chi connectivity index (χ0) is 20.4. The highest BCUT2D eigenvalue weighted by Gasteiger charge is 2.29. The highest BCUT2D eigenvalue weighted by atomic mass is 35.5. The van der Waals surface area contributed by atoms with Crippen LogP contribution in [0.2, 0.25) is 5.02 Å². The Kier molecular flexibility index (Phi) is 6.55. The topological polar surface area (TPSA) is 86.8 Å². The quantitative estimate of drug-likeness (QED) is 0.797. The van der Waals surface area contributed by atoms with Crippen LogP contribution in [-0.4, -0.2) is 61.7 Å². The molecule has 7 nitrogen and oxygen atoms in total. The van der Waals surface area contributed by atoms with E-state index in [1.807, 2.05) is 20.8 Å². The minimum Gasteiger partial charge on any atom is -0.350 e. The number of carbonyl (C=O) groups is 2. The highest BCUT2D eigenvalue weighted by Crippen LogP contribution is 2.26. The molecule has 0 bridgehead atoms. The van der Waals surface area contributed by atoms with Crippen LogP contribution in [-0.2, 0) is 14.8 Å². The summed E-state index contributed by atoms with van der Waals surface area (Å²) in [5.74, 6) is -0.821. The number of hydrogen-bond donors (Lipinski definition) is 1. The lowest BCUT2D eigenvalue weighted by molar-refractivity contribution is -0.122. The van der Waals surface area contributed by atoms with Crippen molar-refractivity contribution in [1.29, 1.82) is 0 Å². The minimum atomic E-state index is -3.66. The minimum absolute atomic E-state index is 0.0321. The molecule has 0 spiro atoms. The number of hydrogen-bond acceptors (Lipinski definition) is 4. The van der Waals surface area contributed by atoms with Crippen LogP contribution in [0.1, 0.15) is 44.0 Å². The Morgan fingerprint density at radius 1 is 1.22 bits per heavy atom. The number of rotatable bonds is 5. The van der Waals surface area contributed by atoms with Crippen molar-refractivity contribution in [3.8, 4) is 0 Å². The van der Waals surface area contributed by atoms with Gasteiger partial charge in [-0.05, 0) is 51.8 Å². The van der Waals surface area contributed by atoms with Gasteiger partial charge in [0.05, 0.1) is 22.0 Å². The van der Waals surface area contributed by atoms with Crippen molar-refractivity contribution in [3.05, 3.63) is 28.8 Å². The van der Waals surface area contributed by atoms with Gasteiger partial charge in [-0.1, -0.05) is 11.6 Å². The molecule has 2 amide bonds. The predicted octanol–water partition coefficient (Wildman–Crippen LogP) is 2.11. The molecule has 150 valence electrons. The van der Waals surface area contributed by atoms with Crippen molar-refractivity contribution >= 4 is 33.4 Å². The molecule has 0 unspecified atom stereocenters. The molecule has 1 aromatic rings. The molecular weight excluding hydrogens is 390 g/mol. The first kappa shape index (κ1) is 21.7. The van der Waals surface area contributed by atoms with Gasteiger partial charge in [0.25, 0.3) is 5.91 Å². The molecule has 1 aliphatic heterocycles. The lowest BCUT2D eigenvalue weighted by atomic mass is 10.1. The van der Waals surface area contributed by atoms with Crippen molar-refractivity contribution in [2.75, 3.05) is 26.7 Å². The monoisotopic (exact) mass is 415 g/mol. The number of amides is 2. The van der Waals surface area contributed by atoms with E-state index in [1.165, 1.54) is 34.5 Å². The first-order chi connectivity index (χ1) is 12.4. The zero-order valence-corrected chi connectivity index (χ0v) is 17.7. The summed E-state index contributed by atoms with van der Waals surface area (Å²) in [5.41, 5.74) is -0.356. The Bertz CT molecular complexity index is 827. The molecule has 0 aliphatic carbocycles. The molecule has 0 radical (unpaired) electrons. The number of carbonyl (C=O) groups excluding carboxylic acids is 2. The molecule has 27 heavy (non-hydrogen) atoms. The van der Waals surface area contributed by atoms with Crippen LogP contribution >= 0.6 is 11.6 Å². The molecule has 0 atom stereocenters. The van der Waals surface area contributed by atoms with Gasteiger partial charge in [0.1, 0.15) is 0 Å². The predicted molar refractivity (Wildman–Crippen MR) is 104 cm³/mol. The van der Waals surface area contributed by atoms with E-state index in [4.69, 9.17) is 11.6 Å². The molecule has 2 rings (SSSR count). The third-order valence-electron chi connectivity index (χ3n) is 4.11. The first-order valence-corrected chi connectivity index (χ1v) is 10.6. The van der Waals surface area contributed by atoms with E-state index in [0.29, 0.717) is 13.1 Å². The fourth-order valence-corrected chi connectivity index (χ4v) is 4.60. The van der Waals surface area contributed by atoms with E-state index in [0.717, 1.165) is 12.8 Å². The summed E-state index contributed by atoms with van der Waals surface area (Å²) < 4.78 is 26.8. The number of nitrogens with one attached hydrogen (secondary N) is 1. The number of likely N-dealkylation sites (N-methyl/N-ethyl adjacent to an activating group) is 1. The van der Waals surface area contributed by atoms with Gasteiger partial charge in [-0.15, -0.1) is 0 Å². The Hall–Kier alpha value is -1.64. The number of sulfonamides is 1. The van der Waals surface area contributed by atoms with Crippen molar-refractivity contribution < 1.29 is 18.0 Å². The molecule has 1 saturated heterocycles. The molecule has 1 heterocycles. The maximum atomic E-state index is 12.7. The molecule has 9 heteroatoms. The Labute approximate surface area is 165 Å². The summed E-state index contributed by atoms with van der Waals surface area (Å²) in [6.07, 6.45) is 1.65. The van der Waals surface area contributed by atoms with Gasteiger partial charge < -0.3 is 10.2 Å². The van der Waals surface area contributed by atoms with Crippen LogP contribution in [0.15, 0.2) is 23.1 Å². The van der Waals surface area contributed by atoms with Gasteiger partial charge in [-0.25, -0.2) is 8.42 Å². The molecule has 0 aromatic heterocycles. The van der Waals surface area contributed by atoms with E-state index in [-0.39, 0.29) is 27.9 Å². The van der Waals surface area contributed by atoms with Crippen LogP contribution in [0.25, 0.3) is 0 Å². The first-order valence-electron chi connectivity index (χ1n) is 8.78. The highest BCUT2D eigenvalue weighted by molar-refractivity contribution is 7.89. The average molecular weight is 416 g/mol. The summed E-state index contributed by atoms with van der Waals surface area (Å²) in [6.45, 7) is 6.32. The molecule has 1 fully saturated rings. The maximum Gasteiger partial charge on any atom is 0.255 e. The number of halogens is 1. The van der Waals surface area contributed by atoms with Crippen molar-refractivity contribution in [2.24, 2.45) is 0 Å². The standard InChI is InChI=1S/C18H26ClN3O4S/c1-18(2,3)20-16(23)12-21(4)17(24)14-11-13(7-8-15(14)19)27(25,26)22-9-5-6-10-22/h7-8,11H,5-6,9-10,12H2,1-4H3,(H,20,23). The van der Waals surface area contributed by atoms with Crippen LogP contribution < -0.4 is 5.32 Å². The molecule has 1 aliphatic rings. The number of nitrogens with zero attached hydrogens (tertiary/aromatic N) is 2. The van der Waals surface area contributed by atoms with Crippen LogP contribution in [0.3, 0.4) is 0 Å².